The Kier molecular flexibility index (Phi) is 5.53. The standard InChI is InChI=1S/C17H23N5O2/c1-21-16(5-7-20-21)2-3-17(23)22-8-9-24-12-14(11-22)10-15-4-6-18-13-19-15/h4-7,13-14H,2-3,8-12H2,1H3. The van der Waals surface area contributed by atoms with E-state index in [0.29, 0.717) is 39.1 Å². The summed E-state index contributed by atoms with van der Waals surface area (Å²) in [7, 11) is 1.90. The third-order valence-electron chi connectivity index (χ3n) is 4.35. The quantitative estimate of drug-likeness (QED) is 0.813. The highest BCUT2D eigenvalue weighted by Gasteiger charge is 2.23. The highest BCUT2D eigenvalue weighted by atomic mass is 16.5. The zero-order chi connectivity index (χ0) is 16.8. The monoisotopic (exact) mass is 329 g/mol. The van der Waals surface area contributed by atoms with Crippen LogP contribution in [-0.2, 0) is 29.4 Å². The molecular formula is C17H23N5O2. The highest BCUT2D eigenvalue weighted by Crippen LogP contribution is 2.14. The van der Waals surface area contributed by atoms with Gasteiger partial charge in [0.2, 0.25) is 5.91 Å². The van der Waals surface area contributed by atoms with E-state index < -0.39 is 0 Å². The second-order valence-corrected chi connectivity index (χ2v) is 6.13. The van der Waals surface area contributed by atoms with Crippen molar-refractivity contribution in [3.63, 3.8) is 0 Å². The van der Waals surface area contributed by atoms with Gasteiger partial charge in [-0.25, -0.2) is 9.97 Å². The van der Waals surface area contributed by atoms with Crippen molar-refractivity contribution in [2.75, 3.05) is 26.3 Å². The number of aryl methyl sites for hydroxylation is 2. The van der Waals surface area contributed by atoms with E-state index in [9.17, 15) is 4.79 Å². The van der Waals surface area contributed by atoms with Crippen molar-refractivity contribution in [1.29, 1.82) is 0 Å². The molecule has 3 rings (SSSR count). The minimum atomic E-state index is 0.175. The summed E-state index contributed by atoms with van der Waals surface area (Å²) in [6, 6.07) is 3.87. The molecule has 1 aliphatic rings. The zero-order valence-corrected chi connectivity index (χ0v) is 14.0. The van der Waals surface area contributed by atoms with Gasteiger partial charge < -0.3 is 9.64 Å². The molecule has 1 atom stereocenters. The van der Waals surface area contributed by atoms with Gasteiger partial charge in [-0.2, -0.15) is 5.10 Å². The molecule has 7 nitrogen and oxygen atoms in total. The van der Waals surface area contributed by atoms with Crippen molar-refractivity contribution in [2.24, 2.45) is 13.0 Å². The molecule has 7 heteroatoms. The van der Waals surface area contributed by atoms with Gasteiger partial charge in [-0.1, -0.05) is 0 Å². The SMILES string of the molecule is Cn1nccc1CCC(=O)N1CCOCC(Cc2ccncn2)C1. The second kappa shape index (κ2) is 8.01. The smallest absolute Gasteiger partial charge is 0.223 e. The highest BCUT2D eigenvalue weighted by molar-refractivity contribution is 5.76. The number of hydrogen-bond acceptors (Lipinski definition) is 5. The van der Waals surface area contributed by atoms with Crippen LogP contribution in [0.3, 0.4) is 0 Å². The van der Waals surface area contributed by atoms with Gasteiger partial charge in [0.1, 0.15) is 6.33 Å². The molecule has 24 heavy (non-hydrogen) atoms. The molecule has 0 spiro atoms. The van der Waals surface area contributed by atoms with Gasteiger partial charge >= 0.3 is 0 Å². The number of hydrogen-bond donors (Lipinski definition) is 0. The zero-order valence-electron chi connectivity index (χ0n) is 14.0. The number of carbonyl (C=O) groups excluding carboxylic acids is 1. The number of carbonyl (C=O) groups is 1. The third-order valence-corrected chi connectivity index (χ3v) is 4.35. The van der Waals surface area contributed by atoms with Crippen LogP contribution in [0.15, 0.2) is 30.9 Å². The average molecular weight is 329 g/mol. The summed E-state index contributed by atoms with van der Waals surface area (Å²) in [5, 5.41) is 4.14. The van der Waals surface area contributed by atoms with E-state index in [2.05, 4.69) is 15.1 Å². The van der Waals surface area contributed by atoms with E-state index in [1.165, 1.54) is 0 Å². The van der Waals surface area contributed by atoms with Gasteiger partial charge in [-0.15, -0.1) is 0 Å². The minimum absolute atomic E-state index is 0.175. The summed E-state index contributed by atoms with van der Waals surface area (Å²) in [6.45, 7) is 2.63. The van der Waals surface area contributed by atoms with Gasteiger partial charge in [0.05, 0.1) is 13.2 Å². The topological polar surface area (TPSA) is 73.1 Å². The van der Waals surface area contributed by atoms with Gasteiger partial charge in [-0.3, -0.25) is 9.48 Å². The van der Waals surface area contributed by atoms with E-state index in [1.54, 1.807) is 18.7 Å². The van der Waals surface area contributed by atoms with Crippen molar-refractivity contribution in [3.8, 4) is 0 Å². The van der Waals surface area contributed by atoms with Gasteiger partial charge in [0.25, 0.3) is 0 Å². The lowest BCUT2D eigenvalue weighted by Gasteiger charge is -2.23. The average Bonchev–Trinajstić information content (AvgIpc) is 2.86. The summed E-state index contributed by atoms with van der Waals surface area (Å²) < 4.78 is 7.49. The Morgan fingerprint density at radius 3 is 3.04 bits per heavy atom. The van der Waals surface area contributed by atoms with Crippen LogP contribution < -0.4 is 0 Å². The number of nitrogens with zero attached hydrogens (tertiary/aromatic N) is 5. The summed E-state index contributed by atoms with van der Waals surface area (Å²) in [5.41, 5.74) is 2.06. The van der Waals surface area contributed by atoms with Crippen LogP contribution in [0.1, 0.15) is 17.8 Å². The molecule has 1 fully saturated rings. The maximum atomic E-state index is 12.6. The molecule has 2 aromatic rings. The summed E-state index contributed by atoms with van der Waals surface area (Å²) in [4.78, 5) is 22.7. The summed E-state index contributed by atoms with van der Waals surface area (Å²) >= 11 is 0. The van der Waals surface area contributed by atoms with Crippen LogP contribution in [0, 0.1) is 5.92 Å². The summed E-state index contributed by atoms with van der Waals surface area (Å²) in [5.74, 6) is 0.442. The lowest BCUT2D eigenvalue weighted by atomic mass is 10.0. The second-order valence-electron chi connectivity index (χ2n) is 6.13. The predicted octanol–water partition coefficient (Wildman–Crippen LogP) is 0.860. The molecule has 0 bridgehead atoms. The van der Waals surface area contributed by atoms with Crippen molar-refractivity contribution in [2.45, 2.75) is 19.3 Å². The van der Waals surface area contributed by atoms with Crippen LogP contribution in [0.2, 0.25) is 0 Å². The molecule has 1 saturated heterocycles. The first kappa shape index (κ1) is 16.6. The lowest BCUT2D eigenvalue weighted by molar-refractivity contribution is -0.131. The molecule has 0 N–H and O–H groups in total. The molecule has 0 radical (unpaired) electrons. The van der Waals surface area contributed by atoms with Crippen LogP contribution >= 0.6 is 0 Å². The molecular weight excluding hydrogens is 306 g/mol. The van der Waals surface area contributed by atoms with Gasteiger partial charge in [0.15, 0.2) is 0 Å². The van der Waals surface area contributed by atoms with E-state index in [1.807, 2.05) is 28.8 Å². The van der Waals surface area contributed by atoms with E-state index >= 15 is 0 Å². The molecule has 0 saturated carbocycles. The number of amides is 1. The fourth-order valence-corrected chi connectivity index (χ4v) is 3.00. The van der Waals surface area contributed by atoms with Crippen LogP contribution in [0.4, 0.5) is 0 Å². The first-order chi connectivity index (χ1) is 11.7. The molecule has 0 aliphatic carbocycles. The molecule has 3 heterocycles. The Morgan fingerprint density at radius 1 is 1.38 bits per heavy atom. The lowest BCUT2D eigenvalue weighted by Crippen LogP contribution is -2.36. The third kappa shape index (κ3) is 4.38. The largest absolute Gasteiger partial charge is 0.379 e. The van der Waals surface area contributed by atoms with Crippen LogP contribution in [0.25, 0.3) is 0 Å². The van der Waals surface area contributed by atoms with E-state index in [4.69, 9.17) is 4.74 Å². The van der Waals surface area contributed by atoms with Crippen molar-refractivity contribution in [1.82, 2.24) is 24.6 Å². The minimum Gasteiger partial charge on any atom is -0.379 e. The molecule has 2 aromatic heterocycles. The normalized spacial score (nSPS) is 18.4. The number of rotatable bonds is 5. The Morgan fingerprint density at radius 2 is 2.29 bits per heavy atom. The number of aromatic nitrogens is 4. The van der Waals surface area contributed by atoms with Crippen molar-refractivity contribution in [3.05, 3.63) is 42.2 Å². The van der Waals surface area contributed by atoms with E-state index in [-0.39, 0.29) is 11.8 Å². The Balaban J connectivity index is 1.55. The Labute approximate surface area is 141 Å². The fourth-order valence-electron chi connectivity index (χ4n) is 3.00. The first-order valence-electron chi connectivity index (χ1n) is 8.29. The Hall–Kier alpha value is -2.28. The van der Waals surface area contributed by atoms with Gasteiger partial charge in [-0.05, 0) is 25.0 Å². The Bertz CT molecular complexity index is 658. The predicted molar refractivity (Wildman–Crippen MR) is 88.2 cm³/mol. The van der Waals surface area contributed by atoms with Crippen molar-refractivity contribution < 1.29 is 9.53 Å². The van der Waals surface area contributed by atoms with Crippen molar-refractivity contribution >= 4 is 5.91 Å². The maximum Gasteiger partial charge on any atom is 0.223 e. The fraction of sp³-hybridized carbons (Fsp3) is 0.529. The van der Waals surface area contributed by atoms with Gasteiger partial charge in [0, 0.05) is 56.3 Å². The van der Waals surface area contributed by atoms with Crippen LogP contribution in [-0.4, -0.2) is 56.9 Å². The van der Waals surface area contributed by atoms with Crippen LogP contribution in [0.5, 0.6) is 0 Å². The molecule has 1 aliphatic heterocycles. The molecule has 1 amide bonds. The summed E-state index contributed by atoms with van der Waals surface area (Å²) in [6.07, 6.45) is 7.08. The van der Waals surface area contributed by atoms with E-state index in [0.717, 1.165) is 17.8 Å². The molecule has 1 unspecified atom stereocenters. The first-order valence-corrected chi connectivity index (χ1v) is 8.29. The molecule has 128 valence electrons. The maximum absolute atomic E-state index is 12.6. The number of ether oxygens (including phenoxy) is 1. The molecule has 0 aromatic carbocycles.